The molecule has 19 N–H and O–H groups in total. The number of phenolic OH excluding ortho intramolecular Hbond substituents is 1. The normalized spacial score (nSPS) is 15.0. The average molecular weight is 1160 g/mol. The van der Waals surface area contributed by atoms with Gasteiger partial charge in [0.1, 0.15) is 60.1 Å². The van der Waals surface area contributed by atoms with Gasteiger partial charge >= 0.3 is 11.9 Å². The van der Waals surface area contributed by atoms with E-state index in [0.717, 1.165) is 10.9 Å². The smallest absolute Gasteiger partial charge is 0.326 e. The lowest BCUT2D eigenvalue weighted by Gasteiger charge is -2.31. The standard InChI is InChI=1S/C56H85N13O14/c1-9-31(8)46(54(81)66-42(55(82)83)25-33-26-61-37-14-11-10-13-35(33)37)69-53(80)45(30(6)7)68-52(79)44(29(4)5)67-49(76)38(15-12-22-60-56(58)59)62-50(77)40(23-28(2)3)65-48(75)39(20-21-43(72)73)63-51(78)41(64-47(74)36(57)27-70)24-32-16-18-34(71)19-17-32/h10-11,13-14,16-19,26,28-31,36,38-42,44-46,61,70-71H,9,12,15,20-25,27,57H2,1-8H3,(H,62,77)(H,63,78)(H,64,74)(H,65,75)(H,66,81)(H,67,76)(H,68,79)(H,69,80)(H,72,73)(H,82,83)(H4,58,59,60)/t31-,36-,38-,39-,40-,41-,42-,44-,45-,46-/m0/s1. The van der Waals surface area contributed by atoms with Crippen molar-refractivity contribution in [3.63, 3.8) is 0 Å². The summed E-state index contributed by atoms with van der Waals surface area (Å²) >= 11 is 0. The van der Waals surface area contributed by atoms with Gasteiger partial charge in [-0.15, -0.1) is 0 Å². The number of aliphatic hydroxyl groups excluding tert-OH is 1. The van der Waals surface area contributed by atoms with Gasteiger partial charge in [0.2, 0.25) is 47.3 Å². The number of carboxylic acid groups (broad SMARTS) is 2. The van der Waals surface area contributed by atoms with E-state index in [-0.39, 0.29) is 56.3 Å². The Bertz CT molecular complexity index is 2730. The van der Waals surface area contributed by atoms with Crippen molar-refractivity contribution in [2.75, 3.05) is 13.2 Å². The first kappa shape index (κ1) is 68.9. The number of nitrogens with one attached hydrogen (secondary N) is 9. The predicted octanol–water partition coefficient (Wildman–Crippen LogP) is -0.736. The van der Waals surface area contributed by atoms with Gasteiger partial charge in [0, 0.05) is 42.9 Å². The first-order valence-corrected chi connectivity index (χ1v) is 27.7. The third kappa shape index (κ3) is 22.5. The molecule has 0 aliphatic rings. The molecule has 1 aromatic heterocycles. The molecule has 0 unspecified atom stereocenters. The van der Waals surface area contributed by atoms with Gasteiger partial charge in [-0.25, -0.2) is 4.79 Å². The number of amides is 8. The van der Waals surface area contributed by atoms with Crippen LogP contribution in [0.1, 0.15) is 105 Å². The molecule has 0 saturated heterocycles. The zero-order valence-electron chi connectivity index (χ0n) is 48.3. The Labute approximate surface area is 482 Å². The first-order chi connectivity index (χ1) is 39.1. The Morgan fingerprint density at radius 1 is 0.590 bits per heavy atom. The number of aromatic nitrogens is 1. The van der Waals surface area contributed by atoms with Crippen molar-refractivity contribution in [2.45, 2.75) is 161 Å². The minimum atomic E-state index is -1.61. The van der Waals surface area contributed by atoms with Gasteiger partial charge in [-0.05, 0) is 78.7 Å². The highest BCUT2D eigenvalue weighted by atomic mass is 16.4. The van der Waals surface area contributed by atoms with Crippen molar-refractivity contribution in [2.24, 2.45) is 45.9 Å². The fourth-order valence-electron chi connectivity index (χ4n) is 8.76. The highest BCUT2D eigenvalue weighted by Crippen LogP contribution is 2.21. The van der Waals surface area contributed by atoms with Crippen LogP contribution in [0.15, 0.2) is 59.7 Å². The van der Waals surface area contributed by atoms with Crippen molar-refractivity contribution in [1.29, 1.82) is 0 Å². The molecule has 27 nitrogen and oxygen atoms in total. The van der Waals surface area contributed by atoms with E-state index in [1.165, 1.54) is 24.3 Å². The molecule has 1 heterocycles. The van der Waals surface area contributed by atoms with Crippen molar-refractivity contribution in [3.05, 3.63) is 65.9 Å². The molecule has 0 aliphatic heterocycles. The summed E-state index contributed by atoms with van der Waals surface area (Å²) in [6.07, 6.45) is 0.638. The number of fused-ring (bicyclic) bond motifs is 1. The lowest BCUT2D eigenvalue weighted by Crippen LogP contribution is -2.62. The van der Waals surface area contributed by atoms with Crippen molar-refractivity contribution >= 4 is 76.1 Å². The van der Waals surface area contributed by atoms with Gasteiger partial charge in [-0.2, -0.15) is 0 Å². The van der Waals surface area contributed by atoms with Gasteiger partial charge in [-0.3, -0.25) is 48.1 Å². The Balaban J connectivity index is 1.88. The maximum Gasteiger partial charge on any atom is 0.326 e. The number of aliphatic carboxylic acids is 2. The molecule has 458 valence electrons. The summed E-state index contributed by atoms with van der Waals surface area (Å²) in [5, 5.41) is 60.7. The highest BCUT2D eigenvalue weighted by molar-refractivity contribution is 5.98. The van der Waals surface area contributed by atoms with Gasteiger partial charge < -0.3 is 85.1 Å². The number of nitrogens with zero attached hydrogens (tertiary/aromatic N) is 1. The molecule has 0 aliphatic carbocycles. The zero-order chi connectivity index (χ0) is 62.2. The van der Waals surface area contributed by atoms with Crippen LogP contribution in [0.5, 0.6) is 5.75 Å². The quantitative estimate of drug-likeness (QED) is 0.0196. The summed E-state index contributed by atoms with van der Waals surface area (Å²) < 4.78 is 0. The van der Waals surface area contributed by atoms with Crippen LogP contribution >= 0.6 is 0 Å². The summed E-state index contributed by atoms with van der Waals surface area (Å²) in [7, 11) is 0. The number of para-hydroxylation sites is 1. The second kappa shape index (κ2) is 33.6. The molecule has 0 saturated carbocycles. The molecular formula is C56H85N13O14. The number of aromatic hydroxyl groups is 1. The Hall–Kier alpha value is -8.33. The Morgan fingerprint density at radius 3 is 1.63 bits per heavy atom. The van der Waals surface area contributed by atoms with E-state index >= 15 is 0 Å². The fraction of sp³-hybridized carbons (Fsp3) is 0.554. The average Bonchev–Trinajstić information content (AvgIpc) is 4.09. The minimum absolute atomic E-state index is 0.00915. The number of carbonyl (C=O) groups is 10. The number of benzene rings is 2. The summed E-state index contributed by atoms with van der Waals surface area (Å²) in [4.78, 5) is 143. The SMILES string of the molecule is CC[C@H](C)[C@H](NC(=O)[C@@H](NC(=O)[C@@H](NC(=O)[C@H](CCCN=C(N)N)NC(=O)[C@H](CC(C)C)NC(=O)[C@H](CCC(=O)O)NC(=O)[C@H](Cc1ccc(O)cc1)NC(=O)[C@@H](N)CO)C(C)C)C(C)C)C(=O)N[C@@H](Cc1c[nH]c2ccccc12)C(=O)O. The summed E-state index contributed by atoms with van der Waals surface area (Å²) in [6.45, 7) is 12.8. The van der Waals surface area contributed by atoms with Crippen molar-refractivity contribution < 1.29 is 68.4 Å². The Kier molecular flexibility index (Phi) is 27.9. The number of hydrogen-bond acceptors (Lipinski definition) is 14. The molecule has 8 amide bonds. The van der Waals surface area contributed by atoms with E-state index in [4.69, 9.17) is 17.2 Å². The van der Waals surface area contributed by atoms with Crippen LogP contribution in [-0.4, -0.2) is 158 Å². The molecule has 0 bridgehead atoms. The maximum absolute atomic E-state index is 14.4. The summed E-state index contributed by atoms with van der Waals surface area (Å²) in [5.74, 6) is -11.9. The number of phenols is 1. The number of rotatable bonds is 35. The number of guanidine groups is 1. The fourth-order valence-corrected chi connectivity index (χ4v) is 8.76. The van der Waals surface area contributed by atoms with E-state index < -0.39 is 151 Å². The number of nitrogens with two attached hydrogens (primary N) is 3. The molecule has 0 spiro atoms. The molecule has 0 fully saturated rings. The topological polar surface area (TPSA) is 454 Å². The van der Waals surface area contributed by atoms with Gasteiger partial charge in [-0.1, -0.05) is 92.1 Å². The number of H-pyrrole nitrogens is 1. The number of carboxylic acids is 2. The van der Waals surface area contributed by atoms with E-state index in [0.29, 0.717) is 17.5 Å². The lowest BCUT2D eigenvalue weighted by molar-refractivity contribution is -0.142. The molecule has 27 heteroatoms. The van der Waals surface area contributed by atoms with Crippen LogP contribution in [0.4, 0.5) is 0 Å². The molecular weight excluding hydrogens is 1080 g/mol. The first-order valence-electron chi connectivity index (χ1n) is 27.7. The number of aliphatic hydroxyl groups is 1. The lowest BCUT2D eigenvalue weighted by atomic mass is 9.95. The molecule has 3 rings (SSSR count). The van der Waals surface area contributed by atoms with E-state index in [9.17, 15) is 68.4 Å². The van der Waals surface area contributed by atoms with Crippen LogP contribution in [0, 0.1) is 23.7 Å². The number of aliphatic imine (C=N–C) groups is 1. The van der Waals surface area contributed by atoms with Crippen molar-refractivity contribution in [3.8, 4) is 5.75 Å². The van der Waals surface area contributed by atoms with E-state index in [1.54, 1.807) is 67.7 Å². The molecule has 3 aromatic rings. The number of aromatic amines is 1. The van der Waals surface area contributed by atoms with E-state index in [1.807, 2.05) is 18.2 Å². The molecule has 10 atom stereocenters. The monoisotopic (exact) mass is 1160 g/mol. The highest BCUT2D eigenvalue weighted by Gasteiger charge is 2.38. The second-order valence-corrected chi connectivity index (χ2v) is 21.7. The minimum Gasteiger partial charge on any atom is -0.508 e. The summed E-state index contributed by atoms with van der Waals surface area (Å²) in [5.41, 5.74) is 18.7. The van der Waals surface area contributed by atoms with Crippen LogP contribution in [0.2, 0.25) is 0 Å². The van der Waals surface area contributed by atoms with Gasteiger partial charge in [0.25, 0.3) is 0 Å². The second-order valence-electron chi connectivity index (χ2n) is 21.7. The molecule has 83 heavy (non-hydrogen) atoms. The zero-order valence-corrected chi connectivity index (χ0v) is 48.3. The van der Waals surface area contributed by atoms with E-state index in [2.05, 4.69) is 52.5 Å². The van der Waals surface area contributed by atoms with Crippen LogP contribution in [0.3, 0.4) is 0 Å². The third-order valence-electron chi connectivity index (χ3n) is 13.7. The van der Waals surface area contributed by atoms with Gasteiger partial charge in [0.15, 0.2) is 5.96 Å². The Morgan fingerprint density at radius 2 is 1.08 bits per heavy atom. The van der Waals surface area contributed by atoms with Crippen LogP contribution in [0.25, 0.3) is 10.9 Å². The number of hydrogen-bond donors (Lipinski definition) is 16. The maximum atomic E-state index is 14.4. The summed E-state index contributed by atoms with van der Waals surface area (Å²) in [6, 6.07) is 0.364. The molecule has 0 radical (unpaired) electrons. The van der Waals surface area contributed by atoms with Crippen LogP contribution in [-0.2, 0) is 60.8 Å². The molecule has 2 aromatic carbocycles. The predicted molar refractivity (Wildman–Crippen MR) is 307 cm³/mol. The third-order valence-corrected chi connectivity index (χ3v) is 13.7. The largest absolute Gasteiger partial charge is 0.508 e. The van der Waals surface area contributed by atoms with Crippen LogP contribution < -0.4 is 59.7 Å². The van der Waals surface area contributed by atoms with Crippen molar-refractivity contribution in [1.82, 2.24) is 47.5 Å². The number of carbonyl (C=O) groups excluding carboxylic acids is 8. The van der Waals surface area contributed by atoms with Gasteiger partial charge in [0.05, 0.1) is 6.61 Å².